The second-order valence-electron chi connectivity index (χ2n) is 8.37. The van der Waals surface area contributed by atoms with Gasteiger partial charge in [-0.25, -0.2) is 4.57 Å². The number of carbonyl (C=O) groups excluding carboxylic acids is 1. The summed E-state index contributed by atoms with van der Waals surface area (Å²) >= 11 is 5.20. The van der Waals surface area contributed by atoms with E-state index in [0.717, 1.165) is 0 Å². The molecule has 0 aliphatic carbocycles. The highest BCUT2D eigenvalue weighted by Gasteiger charge is 2.37. The van der Waals surface area contributed by atoms with Gasteiger partial charge in [-0.3, -0.25) is 23.7 Å². The van der Waals surface area contributed by atoms with Gasteiger partial charge in [-0.1, -0.05) is 18.2 Å². The molecular formula is C22H30N3O9PS. The molecule has 1 aliphatic heterocycles. The van der Waals surface area contributed by atoms with Crippen molar-refractivity contribution >= 4 is 25.9 Å². The zero-order valence-electron chi connectivity index (χ0n) is 20.3. The van der Waals surface area contributed by atoms with Crippen molar-refractivity contribution in [2.45, 2.75) is 58.5 Å². The lowest BCUT2D eigenvalue weighted by molar-refractivity contribution is -0.282. The van der Waals surface area contributed by atoms with Crippen molar-refractivity contribution in [2.24, 2.45) is 0 Å². The number of aromatic nitrogens is 2. The Kier molecular flexibility index (Phi) is 9.59. The number of aromatic amines is 1. The number of para-hydroxylation sites is 1. The van der Waals surface area contributed by atoms with E-state index < -0.39 is 38.4 Å². The highest BCUT2D eigenvalue weighted by molar-refractivity contribution is 7.71. The zero-order chi connectivity index (χ0) is 26.5. The number of nitrogens with one attached hydrogen (secondary N) is 2. The summed E-state index contributed by atoms with van der Waals surface area (Å²) in [5, 5.41) is 13.0. The summed E-state index contributed by atoms with van der Waals surface area (Å²) in [7, 11) is -4.14. The summed E-state index contributed by atoms with van der Waals surface area (Å²) in [5.41, 5.74) is 0.0128. The van der Waals surface area contributed by atoms with Crippen LogP contribution in [-0.4, -0.2) is 58.4 Å². The average molecular weight is 544 g/mol. The van der Waals surface area contributed by atoms with E-state index in [1.807, 2.05) is 0 Å². The van der Waals surface area contributed by atoms with E-state index in [9.17, 15) is 19.3 Å². The smallest absolute Gasteiger partial charge is 0.459 e. The monoisotopic (exact) mass is 543 g/mol. The molecule has 0 saturated carbocycles. The second kappa shape index (κ2) is 12.2. The third-order valence-corrected chi connectivity index (χ3v) is 6.86. The first-order valence-electron chi connectivity index (χ1n) is 11.2. The van der Waals surface area contributed by atoms with Crippen LogP contribution in [0.3, 0.4) is 0 Å². The van der Waals surface area contributed by atoms with Gasteiger partial charge in [0.15, 0.2) is 17.3 Å². The number of ether oxygens (including phenoxy) is 3. The molecule has 1 aliphatic rings. The largest absolute Gasteiger partial charge is 0.462 e. The molecule has 1 fully saturated rings. The summed E-state index contributed by atoms with van der Waals surface area (Å²) in [6, 6.07) is 7.26. The number of aliphatic hydroxyl groups excluding tert-OH is 1. The fraction of sp³-hybridized carbons (Fsp3) is 0.500. The molecule has 1 aromatic heterocycles. The molecule has 0 bridgehead atoms. The van der Waals surface area contributed by atoms with Gasteiger partial charge >= 0.3 is 13.7 Å². The van der Waals surface area contributed by atoms with Crippen molar-refractivity contribution in [2.75, 3.05) is 13.2 Å². The molecule has 12 nitrogen and oxygen atoms in total. The minimum Gasteiger partial charge on any atom is -0.462 e. The molecule has 0 amide bonds. The second-order valence-corrected chi connectivity index (χ2v) is 10.5. The average Bonchev–Trinajstić information content (AvgIpc) is 2.81. The number of nitrogens with zero attached hydrogens (tertiary/aromatic N) is 1. The maximum absolute atomic E-state index is 13.6. The first-order chi connectivity index (χ1) is 17.0. The van der Waals surface area contributed by atoms with Crippen LogP contribution in [0.1, 0.15) is 32.6 Å². The first-order valence-corrected chi connectivity index (χ1v) is 13.2. The SMILES string of the molecule is Cc1cn([C@H]2O[C@@H](COP(=O)(N[C@@H](C)C(=O)OC(C)C)Oc3ccccc3)OCC2O)c(=S)[nH]c1=O. The van der Waals surface area contributed by atoms with Crippen molar-refractivity contribution in [3.63, 3.8) is 0 Å². The predicted octanol–water partition coefficient (Wildman–Crippen LogP) is 2.58. The van der Waals surface area contributed by atoms with Gasteiger partial charge in [-0.05, 0) is 52.0 Å². The fourth-order valence-electron chi connectivity index (χ4n) is 3.18. The maximum Gasteiger partial charge on any atom is 0.459 e. The highest BCUT2D eigenvalue weighted by atomic mass is 32.1. The van der Waals surface area contributed by atoms with E-state index in [1.54, 1.807) is 51.1 Å². The van der Waals surface area contributed by atoms with E-state index in [0.29, 0.717) is 5.56 Å². The molecule has 5 atom stereocenters. The fourth-order valence-corrected chi connectivity index (χ4v) is 4.91. The molecule has 2 aromatic rings. The van der Waals surface area contributed by atoms with Crippen LogP contribution in [0.25, 0.3) is 0 Å². The lowest BCUT2D eigenvalue weighted by Gasteiger charge is -2.35. The number of rotatable bonds is 10. The van der Waals surface area contributed by atoms with E-state index in [2.05, 4.69) is 10.1 Å². The van der Waals surface area contributed by atoms with Gasteiger partial charge in [0.05, 0.1) is 12.7 Å². The van der Waals surface area contributed by atoms with Gasteiger partial charge in [0, 0.05) is 11.8 Å². The van der Waals surface area contributed by atoms with Crippen LogP contribution in [0.5, 0.6) is 5.75 Å². The maximum atomic E-state index is 13.6. The van der Waals surface area contributed by atoms with Crippen LogP contribution in [-0.2, 0) is 28.1 Å². The Morgan fingerprint density at radius 2 is 2.03 bits per heavy atom. The molecule has 36 heavy (non-hydrogen) atoms. The van der Waals surface area contributed by atoms with E-state index in [1.165, 1.54) is 17.7 Å². The number of aliphatic hydroxyl groups is 1. The Bertz CT molecular complexity index is 1200. The number of esters is 1. The van der Waals surface area contributed by atoms with Gasteiger partial charge in [0.1, 0.15) is 24.5 Å². The lowest BCUT2D eigenvalue weighted by Crippen LogP contribution is -2.44. The highest BCUT2D eigenvalue weighted by Crippen LogP contribution is 2.45. The number of aryl methyl sites for hydroxylation is 1. The van der Waals surface area contributed by atoms with Crippen molar-refractivity contribution in [1.82, 2.24) is 14.6 Å². The summed E-state index contributed by atoms with van der Waals surface area (Å²) in [6.45, 7) is 5.91. The quantitative estimate of drug-likeness (QED) is 0.230. The molecule has 2 heterocycles. The number of benzene rings is 1. The topological polar surface area (TPSA) is 150 Å². The molecule has 0 spiro atoms. The summed E-state index contributed by atoms with van der Waals surface area (Å²) in [6.07, 6.45) is -2.09. The van der Waals surface area contributed by atoms with E-state index in [-0.39, 0.29) is 35.4 Å². The molecule has 14 heteroatoms. The Hall–Kier alpha value is -2.38. The van der Waals surface area contributed by atoms with Crippen LogP contribution in [0.15, 0.2) is 41.3 Å². The Morgan fingerprint density at radius 3 is 2.69 bits per heavy atom. The number of hydrogen-bond donors (Lipinski definition) is 3. The van der Waals surface area contributed by atoms with E-state index >= 15 is 0 Å². The predicted molar refractivity (Wildman–Crippen MR) is 131 cm³/mol. The number of carbonyl (C=O) groups is 1. The third kappa shape index (κ3) is 7.56. The molecule has 3 rings (SSSR count). The van der Waals surface area contributed by atoms with Crippen molar-refractivity contribution in [3.8, 4) is 5.75 Å². The first kappa shape index (κ1) is 28.2. The van der Waals surface area contributed by atoms with Crippen LogP contribution in [0.2, 0.25) is 0 Å². The third-order valence-electron chi connectivity index (χ3n) is 4.90. The molecule has 3 N–H and O–H groups in total. The van der Waals surface area contributed by atoms with Crippen LogP contribution in [0.4, 0.5) is 0 Å². The van der Waals surface area contributed by atoms with Gasteiger partial charge in [0.2, 0.25) is 0 Å². The Balaban J connectivity index is 1.75. The Labute approximate surface area is 213 Å². The molecule has 0 radical (unpaired) electrons. The lowest BCUT2D eigenvalue weighted by atomic mass is 10.3. The number of hydrogen-bond acceptors (Lipinski definition) is 10. The van der Waals surface area contributed by atoms with Crippen molar-refractivity contribution in [3.05, 3.63) is 57.2 Å². The molecule has 2 unspecified atom stereocenters. The molecule has 198 valence electrons. The van der Waals surface area contributed by atoms with Crippen LogP contribution < -0.4 is 15.2 Å². The molecular weight excluding hydrogens is 513 g/mol. The van der Waals surface area contributed by atoms with Gasteiger partial charge in [-0.15, -0.1) is 0 Å². The van der Waals surface area contributed by atoms with Crippen LogP contribution in [0, 0.1) is 11.7 Å². The zero-order valence-corrected chi connectivity index (χ0v) is 22.0. The summed E-state index contributed by atoms with van der Waals surface area (Å²) in [5.74, 6) is -0.395. The van der Waals surface area contributed by atoms with Crippen LogP contribution >= 0.6 is 20.0 Å². The number of H-pyrrole nitrogens is 1. The molecule has 1 saturated heterocycles. The van der Waals surface area contributed by atoms with Gasteiger partial charge in [0.25, 0.3) is 5.56 Å². The summed E-state index contributed by atoms with van der Waals surface area (Å²) in [4.78, 5) is 26.6. The Morgan fingerprint density at radius 1 is 1.33 bits per heavy atom. The normalized spacial score (nSPS) is 22.6. The molecule has 1 aromatic carbocycles. The minimum absolute atomic E-state index is 0.0495. The van der Waals surface area contributed by atoms with Crippen molar-refractivity contribution < 1.29 is 37.7 Å². The van der Waals surface area contributed by atoms with Crippen molar-refractivity contribution in [1.29, 1.82) is 0 Å². The standard InChI is InChI=1S/C22H30N3O9PS/c1-13(2)32-21(28)15(4)24-35(29,34-16-8-6-5-7-9-16)31-12-18-30-11-17(26)20(33-18)25-10-14(3)19(27)23-22(25)36/h5-10,13,15,17-18,20,26H,11-12H2,1-4H3,(H,24,29)(H,23,27,36)/t15-,17?,18-,20-,35?/m0/s1. The summed E-state index contributed by atoms with van der Waals surface area (Å²) < 4.78 is 42.6. The van der Waals surface area contributed by atoms with Gasteiger partial charge < -0.3 is 23.8 Å². The van der Waals surface area contributed by atoms with E-state index in [4.69, 9.17) is 35.5 Å². The minimum atomic E-state index is -4.14. The van der Waals surface area contributed by atoms with Gasteiger partial charge in [-0.2, -0.15) is 5.09 Å².